The summed E-state index contributed by atoms with van der Waals surface area (Å²) in [6.07, 6.45) is 0.676. The molecule has 0 aliphatic heterocycles. The number of nitrogens with zero attached hydrogens (tertiary/aromatic N) is 3. The molecular weight excluding hydrogens is 446 g/mol. The smallest absolute Gasteiger partial charge is 0.255 e. The van der Waals surface area contributed by atoms with Crippen LogP contribution in [-0.4, -0.2) is 44.4 Å². The lowest BCUT2D eigenvalue weighted by Gasteiger charge is -2.22. The molecule has 0 spiro atoms. The second-order valence-electron chi connectivity index (χ2n) is 7.91. The first kappa shape index (κ1) is 24.3. The Morgan fingerprint density at radius 3 is 2.62 bits per heavy atom. The molecule has 0 saturated carbocycles. The van der Waals surface area contributed by atoms with Crippen molar-refractivity contribution in [3.8, 4) is 11.8 Å². The zero-order valence-corrected chi connectivity index (χ0v) is 18.3. The molecule has 0 aliphatic rings. The molecule has 0 fully saturated rings. The van der Waals surface area contributed by atoms with Crippen molar-refractivity contribution in [2.24, 2.45) is 0 Å². The van der Waals surface area contributed by atoms with Crippen LogP contribution in [0.2, 0.25) is 0 Å². The van der Waals surface area contributed by atoms with E-state index in [1.165, 1.54) is 44.4 Å². The maximum Gasteiger partial charge on any atom is 0.255 e. The summed E-state index contributed by atoms with van der Waals surface area (Å²) in [6, 6.07) is 10.3. The average Bonchev–Trinajstić information content (AvgIpc) is 2.78. The maximum absolute atomic E-state index is 14.2. The molecule has 3 rings (SSSR count). The van der Waals surface area contributed by atoms with E-state index in [-0.39, 0.29) is 34.2 Å². The summed E-state index contributed by atoms with van der Waals surface area (Å²) >= 11 is 0. The summed E-state index contributed by atoms with van der Waals surface area (Å²) in [6.45, 7) is 2.14. The molecule has 5 N–H and O–H groups in total. The van der Waals surface area contributed by atoms with Gasteiger partial charge in [0.1, 0.15) is 23.8 Å². The van der Waals surface area contributed by atoms with Crippen LogP contribution in [0.25, 0.3) is 0 Å². The number of rotatable bonds is 8. The van der Waals surface area contributed by atoms with Crippen LogP contribution < -0.4 is 16.0 Å². The van der Waals surface area contributed by atoms with Crippen molar-refractivity contribution in [3.63, 3.8) is 0 Å². The molecule has 9 nitrogen and oxygen atoms in total. The number of nitrogens with one attached hydrogen (secondary N) is 3. The number of nitriles is 1. The van der Waals surface area contributed by atoms with Gasteiger partial charge < -0.3 is 26.2 Å². The topological polar surface area (TPSA) is 143 Å². The van der Waals surface area contributed by atoms with Gasteiger partial charge in [-0.15, -0.1) is 0 Å². The first-order valence-corrected chi connectivity index (χ1v) is 10.1. The molecule has 34 heavy (non-hydrogen) atoms. The number of carbonyl (C=O) groups is 1. The van der Waals surface area contributed by atoms with Gasteiger partial charge in [-0.05, 0) is 32.0 Å². The Morgan fingerprint density at radius 2 is 1.97 bits per heavy atom. The van der Waals surface area contributed by atoms with Gasteiger partial charge in [0.05, 0.1) is 29.0 Å². The van der Waals surface area contributed by atoms with Gasteiger partial charge in [0.2, 0.25) is 0 Å². The number of aliphatic hydroxyl groups is 1. The predicted octanol–water partition coefficient (Wildman–Crippen LogP) is 3.52. The summed E-state index contributed by atoms with van der Waals surface area (Å²) in [5.41, 5.74) is -0.904. The molecule has 1 amide bonds. The Balaban J connectivity index is 1.90. The number of hydrogen-bond donors (Lipinski definition) is 5. The van der Waals surface area contributed by atoms with Gasteiger partial charge >= 0.3 is 0 Å². The standard InChI is InChI=1S/C23H22F2N6O3/c1-23(2,34)19(25)12-29-22(33)16-11-27-20(31-21-17(24)6-13(9-26)10-28-21)8-18(16)30-14-4-3-5-15(32)7-14/h3-8,10-11,19,32,34H,12H2,1-2H3,(H,29,33)(H2,27,28,30,31). The highest BCUT2D eigenvalue weighted by Gasteiger charge is 2.27. The van der Waals surface area contributed by atoms with Crippen molar-refractivity contribution in [1.82, 2.24) is 15.3 Å². The lowest BCUT2D eigenvalue weighted by atomic mass is 10.0. The Bertz CT molecular complexity index is 1240. The van der Waals surface area contributed by atoms with Gasteiger partial charge in [0, 0.05) is 30.2 Å². The molecular formula is C23H22F2N6O3. The van der Waals surface area contributed by atoms with Gasteiger partial charge in [-0.2, -0.15) is 5.26 Å². The van der Waals surface area contributed by atoms with Crippen molar-refractivity contribution in [2.75, 3.05) is 17.2 Å². The Morgan fingerprint density at radius 1 is 1.21 bits per heavy atom. The summed E-state index contributed by atoms with van der Waals surface area (Å²) in [5.74, 6) is -1.52. The molecule has 1 aromatic carbocycles. The number of hydrogen-bond acceptors (Lipinski definition) is 8. The van der Waals surface area contributed by atoms with E-state index >= 15 is 0 Å². The van der Waals surface area contributed by atoms with Gasteiger partial charge in [0.15, 0.2) is 11.6 Å². The van der Waals surface area contributed by atoms with E-state index in [1.54, 1.807) is 18.2 Å². The lowest BCUT2D eigenvalue weighted by Crippen LogP contribution is -2.42. The van der Waals surface area contributed by atoms with E-state index in [0.717, 1.165) is 6.07 Å². The number of aromatic hydroxyl groups is 1. The highest BCUT2D eigenvalue weighted by molar-refractivity contribution is 6.00. The largest absolute Gasteiger partial charge is 0.508 e. The molecule has 176 valence electrons. The highest BCUT2D eigenvalue weighted by atomic mass is 19.1. The van der Waals surface area contributed by atoms with Crippen molar-refractivity contribution in [3.05, 3.63) is 65.7 Å². The van der Waals surface area contributed by atoms with Crippen molar-refractivity contribution in [2.45, 2.75) is 25.6 Å². The normalized spacial score (nSPS) is 11.9. The number of amides is 1. The van der Waals surface area contributed by atoms with Crippen LogP contribution in [0, 0.1) is 17.1 Å². The Labute approximate surface area is 194 Å². The average molecular weight is 468 g/mol. The molecule has 2 aromatic heterocycles. The number of halogens is 2. The third-order valence-electron chi connectivity index (χ3n) is 4.70. The number of alkyl halides is 1. The van der Waals surface area contributed by atoms with Crippen LogP contribution in [0.1, 0.15) is 29.8 Å². The number of phenols is 1. The molecule has 0 radical (unpaired) electrons. The van der Waals surface area contributed by atoms with Gasteiger partial charge in [-0.3, -0.25) is 4.79 Å². The summed E-state index contributed by atoms with van der Waals surface area (Å²) in [4.78, 5) is 20.7. The fraction of sp³-hybridized carbons (Fsp3) is 0.217. The van der Waals surface area contributed by atoms with E-state index in [4.69, 9.17) is 5.26 Å². The van der Waals surface area contributed by atoms with E-state index in [1.807, 2.05) is 0 Å². The van der Waals surface area contributed by atoms with Crippen LogP contribution in [0.15, 0.2) is 48.8 Å². The first-order chi connectivity index (χ1) is 16.1. The zero-order chi connectivity index (χ0) is 24.9. The van der Waals surface area contributed by atoms with E-state index in [9.17, 15) is 23.8 Å². The highest BCUT2D eigenvalue weighted by Crippen LogP contribution is 2.27. The minimum atomic E-state index is -1.71. The first-order valence-electron chi connectivity index (χ1n) is 10.1. The number of anilines is 4. The number of pyridine rings is 2. The van der Waals surface area contributed by atoms with Crippen molar-refractivity contribution >= 4 is 28.9 Å². The second kappa shape index (κ2) is 10.1. The van der Waals surface area contributed by atoms with Gasteiger partial charge in [-0.25, -0.2) is 18.7 Å². The summed E-state index contributed by atoms with van der Waals surface area (Å²) in [5, 5.41) is 36.4. The van der Waals surface area contributed by atoms with Gasteiger partial charge in [-0.1, -0.05) is 6.07 Å². The quantitative estimate of drug-likeness (QED) is 0.338. The predicted molar refractivity (Wildman–Crippen MR) is 121 cm³/mol. The molecule has 11 heteroatoms. The lowest BCUT2D eigenvalue weighted by molar-refractivity contribution is -0.00177. The second-order valence-corrected chi connectivity index (χ2v) is 7.91. The number of phenolic OH excluding ortho intramolecular Hbond substituents is 1. The van der Waals surface area contributed by atoms with E-state index in [0.29, 0.717) is 5.69 Å². The van der Waals surface area contributed by atoms with Crippen molar-refractivity contribution in [1.29, 1.82) is 5.26 Å². The van der Waals surface area contributed by atoms with Crippen LogP contribution in [0.5, 0.6) is 5.75 Å². The third kappa shape index (κ3) is 6.14. The Kier molecular flexibility index (Phi) is 7.23. The summed E-state index contributed by atoms with van der Waals surface area (Å²) in [7, 11) is 0. The molecule has 2 heterocycles. The fourth-order valence-corrected chi connectivity index (χ4v) is 2.79. The Hall–Kier alpha value is -4.30. The van der Waals surface area contributed by atoms with Crippen LogP contribution >= 0.6 is 0 Å². The minimum absolute atomic E-state index is 0.0160. The molecule has 0 aliphatic carbocycles. The molecule has 3 aromatic rings. The van der Waals surface area contributed by atoms with E-state index in [2.05, 4.69) is 25.9 Å². The maximum atomic E-state index is 14.2. The monoisotopic (exact) mass is 468 g/mol. The van der Waals surface area contributed by atoms with E-state index < -0.39 is 30.0 Å². The van der Waals surface area contributed by atoms with Crippen LogP contribution in [0.4, 0.5) is 31.8 Å². The molecule has 0 bridgehead atoms. The van der Waals surface area contributed by atoms with Crippen LogP contribution in [0.3, 0.4) is 0 Å². The molecule has 1 atom stereocenters. The number of aromatic nitrogens is 2. The third-order valence-corrected chi connectivity index (χ3v) is 4.70. The summed E-state index contributed by atoms with van der Waals surface area (Å²) < 4.78 is 28.3. The minimum Gasteiger partial charge on any atom is -0.508 e. The molecule has 0 saturated heterocycles. The number of benzene rings is 1. The fourth-order valence-electron chi connectivity index (χ4n) is 2.79. The molecule has 1 unspecified atom stereocenters. The van der Waals surface area contributed by atoms with Crippen molar-refractivity contribution < 1.29 is 23.8 Å². The van der Waals surface area contributed by atoms with Crippen LogP contribution in [-0.2, 0) is 0 Å². The van der Waals surface area contributed by atoms with Gasteiger partial charge in [0.25, 0.3) is 5.91 Å². The number of carbonyl (C=O) groups excluding carboxylic acids is 1. The zero-order valence-electron chi connectivity index (χ0n) is 18.3. The SMILES string of the molecule is CC(C)(O)C(F)CNC(=O)c1cnc(Nc2ncc(C#N)cc2F)cc1Nc1cccc(O)c1.